The van der Waals surface area contributed by atoms with Gasteiger partial charge < -0.3 is 0 Å². The van der Waals surface area contributed by atoms with E-state index in [1.165, 1.54) is 0 Å². The normalized spacial score (nSPS) is 11.2. The molecule has 0 N–H and O–H groups in total. The fourth-order valence-corrected chi connectivity index (χ4v) is 3.49. The van der Waals surface area contributed by atoms with Crippen LogP contribution < -0.4 is 0 Å². The van der Waals surface area contributed by atoms with Gasteiger partial charge in [0.1, 0.15) is 0 Å². The average molecular weight is 414 g/mol. The molecule has 4 rings (SSSR count). The van der Waals surface area contributed by atoms with Gasteiger partial charge in [-0.05, 0) is 44.0 Å². The first-order chi connectivity index (χ1) is 10.7. The minimum Gasteiger partial charge on any atom is -0.253 e. The molecule has 0 radical (unpaired) electrons. The van der Waals surface area contributed by atoms with E-state index in [0.717, 1.165) is 42.0 Å². The molecular weight excluding hydrogens is 404 g/mol. The molecule has 0 saturated heterocycles. The van der Waals surface area contributed by atoms with Crippen LogP contribution in [0.25, 0.3) is 33.1 Å². The lowest BCUT2D eigenvalue weighted by Crippen LogP contribution is -1.90. The van der Waals surface area contributed by atoms with Crippen LogP contribution in [-0.2, 0) is 0 Å². The number of nitrogens with zero attached hydrogens (tertiary/aromatic N) is 2. The van der Waals surface area contributed by atoms with Crippen molar-refractivity contribution in [1.29, 1.82) is 0 Å². The Labute approximate surface area is 144 Å². The Balaban J connectivity index is 2.08. The molecule has 0 atom stereocenters. The summed E-state index contributed by atoms with van der Waals surface area (Å²) in [5.41, 5.74) is 3.87. The fraction of sp³-hybridized carbons (Fsp3) is 0. The smallest absolute Gasteiger partial charge is 0.0972 e. The predicted molar refractivity (Wildman–Crippen MR) is 97.9 cm³/mol. The molecule has 0 aliphatic rings. The van der Waals surface area contributed by atoms with Crippen molar-refractivity contribution in [3.63, 3.8) is 0 Å². The molecule has 4 heteroatoms. The highest BCUT2D eigenvalue weighted by atomic mass is 79.9. The van der Waals surface area contributed by atoms with Crippen LogP contribution in [0.15, 0.2) is 69.7 Å². The van der Waals surface area contributed by atoms with Gasteiger partial charge in [-0.1, -0.05) is 42.5 Å². The van der Waals surface area contributed by atoms with E-state index < -0.39 is 0 Å². The quantitative estimate of drug-likeness (QED) is 0.359. The first-order valence-electron chi connectivity index (χ1n) is 6.82. The van der Waals surface area contributed by atoms with Gasteiger partial charge in [0.15, 0.2) is 0 Å². The van der Waals surface area contributed by atoms with Crippen LogP contribution in [0.4, 0.5) is 0 Å². The van der Waals surface area contributed by atoms with Crippen molar-refractivity contribution in [1.82, 2.24) is 9.97 Å². The molecule has 0 fully saturated rings. The summed E-state index contributed by atoms with van der Waals surface area (Å²) in [6, 6.07) is 18.5. The Hall–Kier alpha value is -1.78. The van der Waals surface area contributed by atoms with E-state index in [1.54, 1.807) is 0 Å². The Morgan fingerprint density at radius 2 is 1.50 bits per heavy atom. The molecule has 2 heterocycles. The molecular formula is C18H10Br2N2. The maximum atomic E-state index is 4.88. The monoisotopic (exact) mass is 412 g/mol. The van der Waals surface area contributed by atoms with E-state index in [4.69, 9.17) is 4.98 Å². The second-order valence-electron chi connectivity index (χ2n) is 5.05. The molecule has 0 spiro atoms. The van der Waals surface area contributed by atoms with Gasteiger partial charge in [0.25, 0.3) is 0 Å². The zero-order valence-electron chi connectivity index (χ0n) is 11.4. The molecule has 0 unspecified atom stereocenters. The Morgan fingerprint density at radius 3 is 2.27 bits per heavy atom. The molecule has 0 amide bonds. The predicted octanol–water partition coefficient (Wildman–Crippen LogP) is 5.98. The number of aromatic nitrogens is 2. The van der Waals surface area contributed by atoms with Gasteiger partial charge in [-0.3, -0.25) is 4.98 Å². The number of pyridine rings is 2. The van der Waals surface area contributed by atoms with E-state index in [2.05, 4.69) is 73.2 Å². The maximum Gasteiger partial charge on any atom is 0.0972 e. The summed E-state index contributed by atoms with van der Waals surface area (Å²) in [7, 11) is 0. The Kier molecular flexibility index (Phi) is 3.43. The molecule has 2 aromatic carbocycles. The van der Waals surface area contributed by atoms with Gasteiger partial charge in [0.2, 0.25) is 0 Å². The number of rotatable bonds is 1. The second kappa shape index (κ2) is 5.45. The lowest BCUT2D eigenvalue weighted by Gasteiger charge is -2.08. The summed E-state index contributed by atoms with van der Waals surface area (Å²) in [4.78, 5) is 9.43. The van der Waals surface area contributed by atoms with Crippen LogP contribution >= 0.6 is 31.9 Å². The van der Waals surface area contributed by atoms with Gasteiger partial charge in [0.05, 0.1) is 16.7 Å². The van der Waals surface area contributed by atoms with Crippen LogP contribution in [0.1, 0.15) is 0 Å². The summed E-state index contributed by atoms with van der Waals surface area (Å²) in [5.74, 6) is 0. The van der Waals surface area contributed by atoms with Crippen molar-refractivity contribution >= 4 is 53.7 Å². The fourth-order valence-electron chi connectivity index (χ4n) is 2.58. The second-order valence-corrected chi connectivity index (χ2v) is 6.82. The lowest BCUT2D eigenvalue weighted by atomic mass is 10.1. The third-order valence-corrected chi connectivity index (χ3v) is 4.64. The van der Waals surface area contributed by atoms with Crippen molar-refractivity contribution in [2.75, 3.05) is 0 Å². The zero-order valence-corrected chi connectivity index (χ0v) is 14.6. The van der Waals surface area contributed by atoms with Crippen molar-refractivity contribution < 1.29 is 0 Å². The van der Waals surface area contributed by atoms with E-state index >= 15 is 0 Å². The minimum atomic E-state index is 0.922. The zero-order chi connectivity index (χ0) is 15.1. The van der Waals surface area contributed by atoms with Crippen molar-refractivity contribution in [2.45, 2.75) is 0 Å². The van der Waals surface area contributed by atoms with E-state index in [0.29, 0.717) is 0 Å². The van der Waals surface area contributed by atoms with Crippen LogP contribution in [0.3, 0.4) is 0 Å². The lowest BCUT2D eigenvalue weighted by molar-refractivity contribution is 1.35. The molecule has 0 aliphatic heterocycles. The number of hydrogen-bond donors (Lipinski definition) is 0. The van der Waals surface area contributed by atoms with Gasteiger partial charge in [-0.15, -0.1) is 0 Å². The van der Waals surface area contributed by atoms with Crippen LogP contribution in [0, 0.1) is 0 Å². The van der Waals surface area contributed by atoms with E-state index in [9.17, 15) is 0 Å². The number of fused-ring (bicyclic) bond motifs is 3. The van der Waals surface area contributed by atoms with Gasteiger partial charge in [0, 0.05) is 31.5 Å². The molecule has 4 aromatic rings. The highest BCUT2D eigenvalue weighted by molar-refractivity contribution is 9.10. The van der Waals surface area contributed by atoms with Gasteiger partial charge in [-0.2, -0.15) is 0 Å². The molecule has 22 heavy (non-hydrogen) atoms. The molecule has 0 bridgehead atoms. The van der Waals surface area contributed by atoms with Crippen molar-refractivity contribution in [3.05, 3.63) is 69.7 Å². The maximum absolute atomic E-state index is 4.88. The van der Waals surface area contributed by atoms with Crippen molar-refractivity contribution in [2.24, 2.45) is 0 Å². The molecule has 106 valence electrons. The number of hydrogen-bond acceptors (Lipinski definition) is 2. The third kappa shape index (κ3) is 2.32. The third-order valence-electron chi connectivity index (χ3n) is 3.60. The minimum absolute atomic E-state index is 0.922. The Bertz CT molecular complexity index is 998. The summed E-state index contributed by atoms with van der Waals surface area (Å²) >= 11 is 7.11. The van der Waals surface area contributed by atoms with Crippen LogP contribution in [-0.4, -0.2) is 9.97 Å². The van der Waals surface area contributed by atoms with Crippen molar-refractivity contribution in [3.8, 4) is 11.3 Å². The highest BCUT2D eigenvalue weighted by Crippen LogP contribution is 2.32. The van der Waals surface area contributed by atoms with Gasteiger partial charge in [-0.25, -0.2) is 4.98 Å². The summed E-state index contributed by atoms with van der Waals surface area (Å²) in [5, 5.41) is 2.16. The molecule has 2 nitrogen and oxygen atoms in total. The SMILES string of the molecule is Brc1cnc2c(ccc3cc(Br)c(-c4ccccc4)nc32)c1. The standard InChI is InChI=1S/C18H10Br2N2/c19-14-8-12-6-7-13-9-15(20)16(11-4-2-1-3-5-11)22-18(13)17(12)21-10-14/h1-10H. The average Bonchev–Trinajstić information content (AvgIpc) is 2.54. The number of halogens is 2. The first kappa shape index (κ1) is 13.9. The molecule has 0 aliphatic carbocycles. The number of benzene rings is 2. The van der Waals surface area contributed by atoms with Crippen LogP contribution in [0.2, 0.25) is 0 Å². The molecule has 0 saturated carbocycles. The first-order valence-corrected chi connectivity index (χ1v) is 8.41. The molecule has 2 aromatic heterocycles. The topological polar surface area (TPSA) is 25.8 Å². The Morgan fingerprint density at radius 1 is 0.773 bits per heavy atom. The highest BCUT2D eigenvalue weighted by Gasteiger charge is 2.10. The largest absolute Gasteiger partial charge is 0.253 e. The summed E-state index contributed by atoms with van der Waals surface area (Å²) in [6.07, 6.45) is 1.81. The van der Waals surface area contributed by atoms with E-state index in [-0.39, 0.29) is 0 Å². The summed E-state index contributed by atoms with van der Waals surface area (Å²) < 4.78 is 1.96. The van der Waals surface area contributed by atoms with Crippen LogP contribution in [0.5, 0.6) is 0 Å². The summed E-state index contributed by atoms with van der Waals surface area (Å²) in [6.45, 7) is 0. The van der Waals surface area contributed by atoms with Gasteiger partial charge >= 0.3 is 0 Å². The van der Waals surface area contributed by atoms with E-state index in [1.807, 2.05) is 24.4 Å².